The molecular formula is C21H21N3O4S. The summed E-state index contributed by atoms with van der Waals surface area (Å²) in [6.07, 6.45) is 0.781. The van der Waals surface area contributed by atoms with E-state index in [4.69, 9.17) is 4.74 Å². The number of nitrogens with zero attached hydrogens (tertiary/aromatic N) is 1. The first-order valence-corrected chi connectivity index (χ1v) is 10.4. The summed E-state index contributed by atoms with van der Waals surface area (Å²) in [6.45, 7) is 3.61. The third-order valence-electron chi connectivity index (χ3n) is 4.04. The maximum absolute atomic E-state index is 12.4. The van der Waals surface area contributed by atoms with Crippen LogP contribution in [0.5, 0.6) is 5.75 Å². The highest BCUT2D eigenvalue weighted by Gasteiger charge is 2.17. The Kier molecular flexibility index (Phi) is 6.13. The van der Waals surface area contributed by atoms with Gasteiger partial charge in [0.2, 0.25) is 0 Å². The second-order valence-electron chi connectivity index (χ2n) is 6.41. The molecule has 150 valence electrons. The van der Waals surface area contributed by atoms with Crippen molar-refractivity contribution in [1.29, 1.82) is 0 Å². The van der Waals surface area contributed by atoms with Gasteiger partial charge in [-0.3, -0.25) is 9.52 Å². The molecule has 8 heteroatoms. The van der Waals surface area contributed by atoms with Gasteiger partial charge in [-0.2, -0.15) is 0 Å². The Hall–Kier alpha value is -3.39. The minimum Gasteiger partial charge on any atom is -0.481 e. The van der Waals surface area contributed by atoms with Crippen LogP contribution in [-0.2, 0) is 14.8 Å². The minimum absolute atomic E-state index is 0.0603. The lowest BCUT2D eigenvalue weighted by atomic mass is 10.2. The van der Waals surface area contributed by atoms with Crippen molar-refractivity contribution in [2.75, 3.05) is 10.0 Å². The van der Waals surface area contributed by atoms with Gasteiger partial charge >= 0.3 is 0 Å². The Morgan fingerprint density at radius 2 is 1.69 bits per heavy atom. The van der Waals surface area contributed by atoms with Crippen molar-refractivity contribution >= 4 is 27.4 Å². The molecule has 0 unspecified atom stereocenters. The number of ether oxygens (including phenoxy) is 1. The first-order chi connectivity index (χ1) is 13.8. The number of aromatic nitrogens is 1. The topological polar surface area (TPSA) is 97.4 Å². The summed E-state index contributed by atoms with van der Waals surface area (Å²) in [7, 11) is -3.77. The number of hydrogen-bond donors (Lipinski definition) is 2. The number of sulfonamides is 1. The molecule has 7 nitrogen and oxygen atoms in total. The normalized spacial score (nSPS) is 12.1. The molecule has 0 saturated heterocycles. The zero-order chi connectivity index (χ0) is 20.9. The summed E-state index contributed by atoms with van der Waals surface area (Å²) in [5.74, 6) is 0.486. The predicted octanol–water partition coefficient (Wildman–Crippen LogP) is 3.60. The molecule has 0 spiro atoms. The molecule has 2 aromatic carbocycles. The lowest BCUT2D eigenvalue weighted by Crippen LogP contribution is -2.30. The van der Waals surface area contributed by atoms with E-state index in [0.29, 0.717) is 11.4 Å². The standard InChI is InChI=1S/C21H21N3O4S/c1-15-6-10-18(11-7-15)28-16(2)21(25)23-17-8-12-19(13-9-17)29(26,27)24-20-5-3-4-14-22-20/h3-14,16H,1-2H3,(H,22,24)(H,23,25)/t16-/m1/s1. The summed E-state index contributed by atoms with van der Waals surface area (Å²) in [5, 5.41) is 2.71. The smallest absolute Gasteiger partial charge is 0.265 e. The molecule has 0 aliphatic rings. The van der Waals surface area contributed by atoms with Gasteiger partial charge in [-0.15, -0.1) is 0 Å². The number of nitrogens with one attached hydrogen (secondary N) is 2. The summed E-state index contributed by atoms with van der Waals surface area (Å²) in [4.78, 5) is 16.3. The van der Waals surface area contributed by atoms with E-state index in [9.17, 15) is 13.2 Å². The lowest BCUT2D eigenvalue weighted by Gasteiger charge is -2.15. The highest BCUT2D eigenvalue weighted by atomic mass is 32.2. The van der Waals surface area contributed by atoms with E-state index in [-0.39, 0.29) is 16.6 Å². The van der Waals surface area contributed by atoms with Gasteiger partial charge in [0.05, 0.1) is 4.90 Å². The van der Waals surface area contributed by atoms with E-state index < -0.39 is 16.1 Å². The van der Waals surface area contributed by atoms with Gasteiger partial charge in [0.15, 0.2) is 6.10 Å². The molecular weight excluding hydrogens is 390 g/mol. The molecule has 0 aliphatic carbocycles. The molecule has 0 saturated carbocycles. The second kappa shape index (κ2) is 8.74. The van der Waals surface area contributed by atoms with Crippen LogP contribution in [0.1, 0.15) is 12.5 Å². The van der Waals surface area contributed by atoms with E-state index >= 15 is 0 Å². The summed E-state index contributed by atoms with van der Waals surface area (Å²) in [6, 6.07) is 18.2. The maximum Gasteiger partial charge on any atom is 0.265 e. The fourth-order valence-corrected chi connectivity index (χ4v) is 3.46. The Bertz CT molecular complexity index is 1070. The highest BCUT2D eigenvalue weighted by molar-refractivity contribution is 7.92. The number of aryl methyl sites for hydroxylation is 1. The first kappa shape index (κ1) is 20.3. The van der Waals surface area contributed by atoms with Gasteiger partial charge in [0, 0.05) is 11.9 Å². The molecule has 1 aromatic heterocycles. The van der Waals surface area contributed by atoms with Crippen LogP contribution in [0.15, 0.2) is 77.8 Å². The fourth-order valence-electron chi connectivity index (χ4n) is 2.46. The number of hydrogen-bond acceptors (Lipinski definition) is 5. The number of benzene rings is 2. The number of amides is 1. The van der Waals surface area contributed by atoms with Gasteiger partial charge in [-0.05, 0) is 62.4 Å². The molecule has 1 amide bonds. The van der Waals surface area contributed by atoms with Crippen LogP contribution in [0.4, 0.5) is 11.5 Å². The molecule has 0 fully saturated rings. The van der Waals surface area contributed by atoms with Crippen molar-refractivity contribution in [3.63, 3.8) is 0 Å². The molecule has 1 atom stereocenters. The van der Waals surface area contributed by atoms with E-state index in [1.807, 2.05) is 19.1 Å². The Morgan fingerprint density at radius 1 is 1.00 bits per heavy atom. The van der Waals surface area contributed by atoms with Crippen molar-refractivity contribution in [1.82, 2.24) is 4.98 Å². The Balaban J connectivity index is 1.62. The molecule has 3 rings (SSSR count). The summed E-state index contributed by atoms with van der Waals surface area (Å²) >= 11 is 0. The van der Waals surface area contributed by atoms with Gasteiger partial charge in [0.25, 0.3) is 15.9 Å². The van der Waals surface area contributed by atoms with E-state index in [0.717, 1.165) is 5.56 Å². The molecule has 1 heterocycles. The van der Waals surface area contributed by atoms with Crippen LogP contribution < -0.4 is 14.8 Å². The second-order valence-corrected chi connectivity index (χ2v) is 8.09. The molecule has 2 N–H and O–H groups in total. The third-order valence-corrected chi connectivity index (χ3v) is 5.41. The summed E-state index contributed by atoms with van der Waals surface area (Å²) < 4.78 is 32.8. The largest absolute Gasteiger partial charge is 0.481 e. The number of anilines is 2. The number of carbonyl (C=O) groups is 1. The van der Waals surface area contributed by atoms with Crippen molar-refractivity contribution in [3.05, 3.63) is 78.5 Å². The minimum atomic E-state index is -3.77. The average Bonchev–Trinajstić information content (AvgIpc) is 2.70. The average molecular weight is 411 g/mol. The van der Waals surface area contributed by atoms with Crippen LogP contribution in [0.25, 0.3) is 0 Å². The lowest BCUT2D eigenvalue weighted by molar-refractivity contribution is -0.122. The maximum atomic E-state index is 12.4. The van der Waals surface area contributed by atoms with Crippen molar-refractivity contribution in [2.45, 2.75) is 24.8 Å². The number of carbonyl (C=O) groups excluding carboxylic acids is 1. The SMILES string of the molecule is Cc1ccc(O[C@H](C)C(=O)Nc2ccc(S(=O)(=O)Nc3ccccn3)cc2)cc1. The van der Waals surface area contributed by atoms with Crippen LogP contribution in [0.3, 0.4) is 0 Å². The predicted molar refractivity (Wildman–Crippen MR) is 111 cm³/mol. The zero-order valence-corrected chi connectivity index (χ0v) is 16.8. The molecule has 3 aromatic rings. The molecule has 0 bridgehead atoms. The van der Waals surface area contributed by atoms with Crippen LogP contribution in [0, 0.1) is 6.92 Å². The van der Waals surface area contributed by atoms with Gasteiger partial charge < -0.3 is 10.1 Å². The Morgan fingerprint density at radius 3 is 2.31 bits per heavy atom. The Labute approximate surface area is 169 Å². The number of pyridine rings is 1. The number of rotatable bonds is 7. The van der Waals surface area contributed by atoms with Crippen LogP contribution in [-0.4, -0.2) is 25.4 Å². The molecule has 29 heavy (non-hydrogen) atoms. The zero-order valence-electron chi connectivity index (χ0n) is 16.0. The van der Waals surface area contributed by atoms with Crippen molar-refractivity contribution in [3.8, 4) is 5.75 Å². The first-order valence-electron chi connectivity index (χ1n) is 8.91. The quantitative estimate of drug-likeness (QED) is 0.619. The monoisotopic (exact) mass is 411 g/mol. The van der Waals surface area contributed by atoms with Crippen molar-refractivity contribution in [2.24, 2.45) is 0 Å². The van der Waals surface area contributed by atoms with Crippen LogP contribution >= 0.6 is 0 Å². The molecule has 0 radical (unpaired) electrons. The molecule has 0 aliphatic heterocycles. The van der Waals surface area contributed by atoms with Crippen LogP contribution in [0.2, 0.25) is 0 Å². The van der Waals surface area contributed by atoms with Gasteiger partial charge in [-0.1, -0.05) is 23.8 Å². The van der Waals surface area contributed by atoms with Crippen molar-refractivity contribution < 1.29 is 17.9 Å². The van der Waals surface area contributed by atoms with Gasteiger partial charge in [-0.25, -0.2) is 13.4 Å². The van der Waals surface area contributed by atoms with E-state index in [2.05, 4.69) is 15.0 Å². The van der Waals surface area contributed by atoms with Gasteiger partial charge in [0.1, 0.15) is 11.6 Å². The fraction of sp³-hybridized carbons (Fsp3) is 0.143. The third kappa shape index (κ3) is 5.55. The summed E-state index contributed by atoms with van der Waals surface area (Å²) in [5.41, 5.74) is 1.56. The van der Waals surface area contributed by atoms with E-state index in [1.165, 1.54) is 30.5 Å². The highest BCUT2D eigenvalue weighted by Crippen LogP contribution is 2.18. The van der Waals surface area contributed by atoms with E-state index in [1.54, 1.807) is 37.3 Å².